The molecule has 0 aliphatic carbocycles. The average molecular weight is 290 g/mol. The zero-order valence-corrected chi connectivity index (χ0v) is 11.2. The number of nitrogens with one attached hydrogen (secondary N) is 2. The summed E-state index contributed by atoms with van der Waals surface area (Å²) in [5.74, 6) is 4.78. The number of aromatic nitrogens is 2. The normalized spacial score (nSPS) is 10.2. The van der Waals surface area contributed by atoms with Gasteiger partial charge in [0.15, 0.2) is 0 Å². The largest absolute Gasteiger partial charge is 0.319 e. The maximum atomic E-state index is 12.2. The van der Waals surface area contributed by atoms with Gasteiger partial charge < -0.3 is 10.7 Å². The first kappa shape index (κ1) is 14.5. The second-order valence-electron chi connectivity index (χ2n) is 4.14. The highest BCUT2D eigenvalue weighted by molar-refractivity contribution is 6.09. The molecule has 1 aromatic carbocycles. The Hall–Kier alpha value is -2.94. The summed E-state index contributed by atoms with van der Waals surface area (Å²) in [4.78, 5) is 22.5. The van der Waals surface area contributed by atoms with E-state index in [1.807, 2.05) is 6.92 Å². The minimum atomic E-state index is -0.610. The molecule has 2 rings (SSSR count). The van der Waals surface area contributed by atoms with Crippen LogP contribution in [-0.4, -0.2) is 20.6 Å². The van der Waals surface area contributed by atoms with Gasteiger partial charge in [-0.15, -0.1) is 0 Å². The fourth-order valence-corrected chi connectivity index (χ4v) is 1.83. The van der Waals surface area contributed by atoms with E-state index in [-0.39, 0.29) is 16.9 Å². The molecule has 0 saturated heterocycles. The molecular formula is C12H14N6O3. The topological polar surface area (TPSA) is 128 Å². The van der Waals surface area contributed by atoms with Gasteiger partial charge in [0.1, 0.15) is 5.69 Å². The predicted molar refractivity (Wildman–Crippen MR) is 76.8 cm³/mol. The third-order valence-corrected chi connectivity index (χ3v) is 2.84. The van der Waals surface area contributed by atoms with Crippen LogP contribution in [0.4, 0.5) is 17.1 Å². The number of benzene rings is 1. The number of nitrogens with two attached hydrogens (primary N) is 1. The number of nitrogens with zero attached hydrogens (tertiary/aromatic N) is 3. The molecule has 0 aliphatic rings. The number of hydrazine groups is 1. The standard InChI is InChI=1S/C12H14N6O3/c1-2-17-7-8(6-14-17)15-12(19)9-4-3-5-10(18(20)21)11(9)16-13/h3-7,16H,2,13H2,1H3,(H,15,19). The van der Waals surface area contributed by atoms with Crippen LogP contribution >= 0.6 is 0 Å². The Kier molecular flexibility index (Phi) is 4.14. The molecule has 9 heteroatoms. The Morgan fingerprint density at radius 2 is 2.29 bits per heavy atom. The van der Waals surface area contributed by atoms with E-state index in [4.69, 9.17) is 5.84 Å². The van der Waals surface area contributed by atoms with Gasteiger partial charge in [0, 0.05) is 18.8 Å². The Morgan fingerprint density at radius 1 is 1.52 bits per heavy atom. The van der Waals surface area contributed by atoms with Crippen LogP contribution in [0.15, 0.2) is 30.6 Å². The number of nitrogen functional groups attached to an aromatic ring is 1. The minimum Gasteiger partial charge on any atom is -0.319 e. The summed E-state index contributed by atoms with van der Waals surface area (Å²) in [6, 6.07) is 4.13. The van der Waals surface area contributed by atoms with Gasteiger partial charge in [-0.2, -0.15) is 5.10 Å². The quantitative estimate of drug-likeness (QED) is 0.433. The molecule has 110 valence electrons. The third kappa shape index (κ3) is 2.98. The number of para-hydroxylation sites is 1. The van der Waals surface area contributed by atoms with Gasteiger partial charge in [-0.1, -0.05) is 6.07 Å². The monoisotopic (exact) mass is 290 g/mol. The smallest absolute Gasteiger partial charge is 0.294 e. The van der Waals surface area contributed by atoms with Gasteiger partial charge in [0.25, 0.3) is 11.6 Å². The lowest BCUT2D eigenvalue weighted by Crippen LogP contribution is -2.18. The van der Waals surface area contributed by atoms with Crippen LogP contribution in [0.2, 0.25) is 0 Å². The molecule has 0 radical (unpaired) electrons. The van der Waals surface area contributed by atoms with Crippen LogP contribution in [0, 0.1) is 10.1 Å². The number of hydrogen-bond acceptors (Lipinski definition) is 6. The minimum absolute atomic E-state index is 0.0390. The van der Waals surface area contributed by atoms with Gasteiger partial charge in [-0.25, -0.2) is 0 Å². The van der Waals surface area contributed by atoms with Crippen LogP contribution in [-0.2, 0) is 6.54 Å². The number of anilines is 2. The van der Waals surface area contributed by atoms with Crippen LogP contribution < -0.4 is 16.6 Å². The summed E-state index contributed by atoms with van der Waals surface area (Å²) < 4.78 is 1.64. The van der Waals surface area contributed by atoms with Crippen molar-refractivity contribution >= 4 is 23.0 Å². The Bertz CT molecular complexity index is 681. The lowest BCUT2D eigenvalue weighted by atomic mass is 10.1. The molecule has 0 atom stereocenters. The Balaban J connectivity index is 2.30. The second kappa shape index (κ2) is 6.01. The average Bonchev–Trinajstić information content (AvgIpc) is 2.93. The zero-order chi connectivity index (χ0) is 15.4. The van der Waals surface area contributed by atoms with Gasteiger partial charge in [-0.3, -0.25) is 25.4 Å². The van der Waals surface area contributed by atoms with Crippen molar-refractivity contribution in [1.82, 2.24) is 9.78 Å². The number of carbonyl (C=O) groups is 1. The predicted octanol–water partition coefficient (Wildman–Crippen LogP) is 1.35. The summed E-state index contributed by atoms with van der Waals surface area (Å²) in [6.45, 7) is 2.58. The summed E-state index contributed by atoms with van der Waals surface area (Å²) in [7, 11) is 0. The van der Waals surface area contributed by atoms with Crippen LogP contribution in [0.5, 0.6) is 0 Å². The molecule has 9 nitrogen and oxygen atoms in total. The molecule has 0 bridgehead atoms. The number of nitro benzene ring substituents is 1. The summed E-state index contributed by atoms with van der Waals surface area (Å²) in [6.07, 6.45) is 3.15. The number of amides is 1. The van der Waals surface area contributed by atoms with E-state index in [2.05, 4.69) is 15.8 Å². The van der Waals surface area contributed by atoms with Crippen molar-refractivity contribution in [2.24, 2.45) is 5.84 Å². The maximum Gasteiger partial charge on any atom is 0.294 e. The van der Waals surface area contributed by atoms with Gasteiger partial charge in [-0.05, 0) is 13.0 Å². The van der Waals surface area contributed by atoms with Crippen molar-refractivity contribution in [1.29, 1.82) is 0 Å². The van der Waals surface area contributed by atoms with Crippen molar-refractivity contribution < 1.29 is 9.72 Å². The molecule has 0 unspecified atom stereocenters. The summed E-state index contributed by atoms with van der Waals surface area (Å²) in [5.41, 5.74) is 2.47. The first-order chi connectivity index (χ1) is 10.1. The number of nitro groups is 1. The number of rotatable bonds is 5. The van der Waals surface area contributed by atoms with E-state index in [0.29, 0.717) is 12.2 Å². The molecule has 1 amide bonds. The fraction of sp³-hybridized carbons (Fsp3) is 0.167. The highest BCUT2D eigenvalue weighted by Crippen LogP contribution is 2.27. The Morgan fingerprint density at radius 3 is 2.86 bits per heavy atom. The molecule has 0 saturated carbocycles. The highest BCUT2D eigenvalue weighted by atomic mass is 16.6. The van der Waals surface area contributed by atoms with Crippen LogP contribution in [0.3, 0.4) is 0 Å². The second-order valence-corrected chi connectivity index (χ2v) is 4.14. The van der Waals surface area contributed by atoms with Gasteiger partial charge in [0.05, 0.1) is 22.4 Å². The first-order valence-electron chi connectivity index (χ1n) is 6.14. The molecule has 1 heterocycles. The molecule has 2 aromatic rings. The molecule has 1 aromatic heterocycles. The van der Waals surface area contributed by atoms with Gasteiger partial charge >= 0.3 is 0 Å². The molecule has 4 N–H and O–H groups in total. The SMILES string of the molecule is CCn1cc(NC(=O)c2cccc([N+](=O)[O-])c2NN)cn1. The van der Waals surface area contributed by atoms with E-state index in [1.54, 1.807) is 10.9 Å². The summed E-state index contributed by atoms with van der Waals surface area (Å²) >= 11 is 0. The molecule has 0 aliphatic heterocycles. The summed E-state index contributed by atoms with van der Waals surface area (Å²) in [5, 5.41) is 17.6. The van der Waals surface area contributed by atoms with E-state index in [9.17, 15) is 14.9 Å². The lowest BCUT2D eigenvalue weighted by molar-refractivity contribution is -0.384. The van der Waals surface area contributed by atoms with Crippen molar-refractivity contribution in [2.75, 3.05) is 10.7 Å². The lowest BCUT2D eigenvalue weighted by Gasteiger charge is -2.08. The highest BCUT2D eigenvalue weighted by Gasteiger charge is 2.21. The van der Waals surface area contributed by atoms with E-state index >= 15 is 0 Å². The van der Waals surface area contributed by atoms with E-state index < -0.39 is 10.8 Å². The zero-order valence-electron chi connectivity index (χ0n) is 11.2. The van der Waals surface area contributed by atoms with Crippen molar-refractivity contribution in [3.8, 4) is 0 Å². The number of hydrogen-bond donors (Lipinski definition) is 3. The molecule has 21 heavy (non-hydrogen) atoms. The third-order valence-electron chi connectivity index (χ3n) is 2.84. The van der Waals surface area contributed by atoms with E-state index in [1.165, 1.54) is 24.4 Å². The van der Waals surface area contributed by atoms with E-state index in [0.717, 1.165) is 0 Å². The van der Waals surface area contributed by atoms with Crippen molar-refractivity contribution in [2.45, 2.75) is 13.5 Å². The van der Waals surface area contributed by atoms with Gasteiger partial charge in [0.2, 0.25) is 0 Å². The van der Waals surface area contributed by atoms with Crippen LogP contribution in [0.1, 0.15) is 17.3 Å². The number of aryl methyl sites for hydroxylation is 1. The molecule has 0 spiro atoms. The van der Waals surface area contributed by atoms with Crippen molar-refractivity contribution in [3.63, 3.8) is 0 Å². The first-order valence-corrected chi connectivity index (χ1v) is 6.14. The van der Waals surface area contributed by atoms with Crippen LogP contribution in [0.25, 0.3) is 0 Å². The Labute approximate surface area is 119 Å². The molecular weight excluding hydrogens is 276 g/mol. The fourth-order valence-electron chi connectivity index (χ4n) is 1.83. The number of carbonyl (C=O) groups excluding carboxylic acids is 1. The molecule has 0 fully saturated rings. The van der Waals surface area contributed by atoms with Crippen molar-refractivity contribution in [3.05, 3.63) is 46.3 Å². The maximum absolute atomic E-state index is 12.2.